The summed E-state index contributed by atoms with van der Waals surface area (Å²) in [6.07, 6.45) is 2.41. The lowest BCUT2D eigenvalue weighted by atomic mass is 9.75. The number of benzene rings is 1. The quantitative estimate of drug-likeness (QED) is 0.848. The van der Waals surface area contributed by atoms with E-state index in [0.717, 1.165) is 11.3 Å². The van der Waals surface area contributed by atoms with Gasteiger partial charge in [-0.15, -0.1) is 0 Å². The molecule has 106 valence electrons. The zero-order valence-corrected chi connectivity index (χ0v) is 12.4. The first-order chi connectivity index (χ1) is 9.59. The highest BCUT2D eigenvalue weighted by molar-refractivity contribution is 5.71. The van der Waals surface area contributed by atoms with Gasteiger partial charge in [0.05, 0.1) is 5.69 Å². The van der Waals surface area contributed by atoms with E-state index in [2.05, 4.69) is 31.0 Å². The number of nitrogens with one attached hydrogen (secondary N) is 1. The first-order valence-electron chi connectivity index (χ1n) is 7.46. The molecule has 2 atom stereocenters. The molecule has 0 unspecified atom stereocenters. The van der Waals surface area contributed by atoms with Gasteiger partial charge in [0.15, 0.2) is 0 Å². The normalized spacial score (nSPS) is 22.0. The summed E-state index contributed by atoms with van der Waals surface area (Å²) >= 11 is 0. The van der Waals surface area contributed by atoms with E-state index < -0.39 is 0 Å². The minimum absolute atomic E-state index is 0.306. The average Bonchev–Trinajstić information content (AvgIpc) is 2.84. The Morgan fingerprint density at radius 1 is 1.25 bits per heavy atom. The van der Waals surface area contributed by atoms with Crippen molar-refractivity contribution < 1.29 is 5.11 Å². The van der Waals surface area contributed by atoms with Crippen molar-refractivity contribution in [3.63, 3.8) is 0 Å². The highest BCUT2D eigenvalue weighted by Crippen LogP contribution is 2.45. The molecule has 2 aromatic rings. The summed E-state index contributed by atoms with van der Waals surface area (Å²) in [4.78, 5) is 0. The lowest BCUT2D eigenvalue weighted by Gasteiger charge is -2.29. The van der Waals surface area contributed by atoms with Crippen molar-refractivity contribution in [2.75, 3.05) is 0 Å². The molecule has 3 nitrogen and oxygen atoms in total. The number of rotatable bonds is 2. The van der Waals surface area contributed by atoms with Crippen LogP contribution in [-0.4, -0.2) is 15.3 Å². The topological polar surface area (TPSA) is 48.9 Å². The fraction of sp³-hybridized carbons (Fsp3) is 0.471. The predicted octanol–water partition coefficient (Wildman–Crippen LogP) is 4.42. The number of aromatic hydroxyl groups is 1. The molecule has 1 aliphatic rings. The Bertz CT molecular complexity index is 615. The molecule has 1 aromatic carbocycles. The lowest BCUT2D eigenvalue weighted by Crippen LogP contribution is -2.16. The molecule has 0 radical (unpaired) electrons. The lowest BCUT2D eigenvalue weighted by molar-refractivity contribution is 0.403. The Hall–Kier alpha value is -1.77. The van der Waals surface area contributed by atoms with Gasteiger partial charge in [-0.25, -0.2) is 0 Å². The second-order valence-electron chi connectivity index (χ2n) is 6.25. The standard InChI is InChI=1S/C17H22N2O/c1-10(2)12-9-8-11(3)15-16(12)18-19-17(15)13-6-4-5-7-14(13)20/h4-7,10-12,20H,8-9H2,1-3H3,(H,18,19)/t11-,12-/m1/s1. The van der Waals surface area contributed by atoms with Crippen LogP contribution < -0.4 is 0 Å². The van der Waals surface area contributed by atoms with Crippen LogP contribution in [0.15, 0.2) is 24.3 Å². The van der Waals surface area contributed by atoms with Crippen LogP contribution in [0.5, 0.6) is 5.75 Å². The fourth-order valence-corrected chi connectivity index (χ4v) is 3.41. The Morgan fingerprint density at radius 3 is 2.70 bits per heavy atom. The van der Waals surface area contributed by atoms with Crippen molar-refractivity contribution in [2.24, 2.45) is 5.92 Å². The van der Waals surface area contributed by atoms with Gasteiger partial charge >= 0.3 is 0 Å². The Balaban J connectivity index is 2.14. The van der Waals surface area contributed by atoms with Gasteiger partial charge < -0.3 is 5.11 Å². The van der Waals surface area contributed by atoms with Crippen LogP contribution in [-0.2, 0) is 0 Å². The third-order valence-corrected chi connectivity index (χ3v) is 4.57. The number of fused-ring (bicyclic) bond motifs is 1. The summed E-state index contributed by atoms with van der Waals surface area (Å²) in [6, 6.07) is 7.46. The van der Waals surface area contributed by atoms with Crippen LogP contribution in [0.2, 0.25) is 0 Å². The minimum atomic E-state index is 0.306. The van der Waals surface area contributed by atoms with Crippen LogP contribution in [0.4, 0.5) is 0 Å². The summed E-state index contributed by atoms with van der Waals surface area (Å²) in [5, 5.41) is 17.9. The molecule has 0 amide bonds. The van der Waals surface area contributed by atoms with Gasteiger partial charge in [-0.1, -0.05) is 32.9 Å². The molecule has 3 rings (SSSR count). The van der Waals surface area contributed by atoms with Crippen molar-refractivity contribution in [1.29, 1.82) is 0 Å². The van der Waals surface area contributed by atoms with Gasteiger partial charge in [-0.05, 0) is 36.8 Å². The third-order valence-electron chi connectivity index (χ3n) is 4.57. The van der Waals surface area contributed by atoms with E-state index in [1.807, 2.05) is 18.2 Å². The summed E-state index contributed by atoms with van der Waals surface area (Å²) < 4.78 is 0. The molecule has 0 fully saturated rings. The number of para-hydroxylation sites is 1. The molecule has 1 aliphatic carbocycles. The average molecular weight is 270 g/mol. The van der Waals surface area contributed by atoms with Gasteiger partial charge in [-0.3, -0.25) is 5.10 Å². The number of phenolic OH excluding ortho intramolecular Hbond substituents is 1. The van der Waals surface area contributed by atoms with Crippen molar-refractivity contribution in [3.8, 4) is 17.0 Å². The van der Waals surface area contributed by atoms with Crippen LogP contribution in [0.3, 0.4) is 0 Å². The third kappa shape index (κ3) is 2.01. The Labute approximate surface area is 120 Å². The largest absolute Gasteiger partial charge is 0.507 e. The predicted molar refractivity (Wildman–Crippen MR) is 80.9 cm³/mol. The molecule has 2 N–H and O–H groups in total. The van der Waals surface area contributed by atoms with Crippen LogP contribution in [0.25, 0.3) is 11.3 Å². The molecule has 0 aliphatic heterocycles. The molecule has 0 saturated carbocycles. The highest BCUT2D eigenvalue weighted by atomic mass is 16.3. The molecule has 0 spiro atoms. The number of phenols is 1. The SMILES string of the molecule is CC(C)[C@H]1CC[C@@H](C)c2c(-c3ccccc3O)n[nH]c21. The Kier molecular flexibility index (Phi) is 3.28. The highest BCUT2D eigenvalue weighted by Gasteiger charge is 2.32. The van der Waals surface area contributed by atoms with E-state index in [-0.39, 0.29) is 0 Å². The van der Waals surface area contributed by atoms with E-state index >= 15 is 0 Å². The zero-order chi connectivity index (χ0) is 14.3. The van der Waals surface area contributed by atoms with Gasteiger partial charge in [0, 0.05) is 22.7 Å². The summed E-state index contributed by atoms with van der Waals surface area (Å²) in [5.41, 5.74) is 4.34. The van der Waals surface area contributed by atoms with Gasteiger partial charge in [0.25, 0.3) is 0 Å². The van der Waals surface area contributed by atoms with E-state index in [1.54, 1.807) is 6.07 Å². The van der Waals surface area contributed by atoms with Crippen molar-refractivity contribution in [3.05, 3.63) is 35.5 Å². The van der Waals surface area contributed by atoms with Crippen molar-refractivity contribution in [2.45, 2.75) is 45.4 Å². The smallest absolute Gasteiger partial charge is 0.125 e. The number of aromatic amines is 1. The van der Waals surface area contributed by atoms with Crippen LogP contribution >= 0.6 is 0 Å². The Morgan fingerprint density at radius 2 is 2.00 bits per heavy atom. The van der Waals surface area contributed by atoms with Gasteiger partial charge in [-0.2, -0.15) is 5.10 Å². The number of hydrogen-bond acceptors (Lipinski definition) is 2. The first-order valence-corrected chi connectivity index (χ1v) is 7.46. The molecule has 0 saturated heterocycles. The second-order valence-corrected chi connectivity index (χ2v) is 6.25. The number of hydrogen-bond donors (Lipinski definition) is 2. The first kappa shape index (κ1) is 13.2. The fourth-order valence-electron chi connectivity index (χ4n) is 3.41. The van der Waals surface area contributed by atoms with E-state index in [9.17, 15) is 5.11 Å². The van der Waals surface area contributed by atoms with E-state index in [4.69, 9.17) is 0 Å². The summed E-state index contributed by atoms with van der Waals surface area (Å²) in [7, 11) is 0. The number of aromatic nitrogens is 2. The maximum Gasteiger partial charge on any atom is 0.125 e. The summed E-state index contributed by atoms with van der Waals surface area (Å²) in [6.45, 7) is 6.80. The van der Waals surface area contributed by atoms with Crippen LogP contribution in [0, 0.1) is 5.92 Å². The molecule has 0 bridgehead atoms. The molecule has 1 aromatic heterocycles. The molecule has 1 heterocycles. The minimum Gasteiger partial charge on any atom is -0.507 e. The van der Waals surface area contributed by atoms with Crippen molar-refractivity contribution in [1.82, 2.24) is 10.2 Å². The van der Waals surface area contributed by atoms with E-state index in [0.29, 0.717) is 23.5 Å². The monoisotopic (exact) mass is 270 g/mol. The van der Waals surface area contributed by atoms with Crippen LogP contribution in [0.1, 0.15) is 56.7 Å². The molecule has 3 heteroatoms. The second kappa shape index (κ2) is 4.97. The van der Waals surface area contributed by atoms with Gasteiger partial charge in [0.2, 0.25) is 0 Å². The molecular weight excluding hydrogens is 248 g/mol. The van der Waals surface area contributed by atoms with Crippen molar-refractivity contribution >= 4 is 0 Å². The maximum atomic E-state index is 10.1. The van der Waals surface area contributed by atoms with Gasteiger partial charge in [0.1, 0.15) is 5.75 Å². The summed E-state index contributed by atoms with van der Waals surface area (Å²) in [5.74, 6) is 1.96. The number of nitrogens with zero attached hydrogens (tertiary/aromatic N) is 1. The molecule has 20 heavy (non-hydrogen) atoms. The van der Waals surface area contributed by atoms with E-state index in [1.165, 1.54) is 24.1 Å². The molecular formula is C17H22N2O. The zero-order valence-electron chi connectivity index (χ0n) is 12.4. The number of H-pyrrole nitrogens is 1. The maximum absolute atomic E-state index is 10.1.